The van der Waals surface area contributed by atoms with Crippen LogP contribution in [-0.2, 0) is 23.2 Å². The van der Waals surface area contributed by atoms with Gasteiger partial charge >= 0.3 is 12.4 Å². The zero-order valence-corrected chi connectivity index (χ0v) is 15.4. The molecule has 0 bridgehead atoms. The Morgan fingerprint density at radius 2 is 1.04 bits per heavy atom. The summed E-state index contributed by atoms with van der Waals surface area (Å²) in [7, 11) is 0. The van der Waals surface area contributed by atoms with E-state index in [0.29, 0.717) is 11.5 Å². The van der Waals surface area contributed by atoms with E-state index in [1.165, 1.54) is 41.5 Å². The second-order valence-corrected chi connectivity index (χ2v) is 8.70. The predicted octanol–water partition coefficient (Wildman–Crippen LogP) is 6.32. The molecule has 1 heterocycles. The molecule has 0 saturated carbocycles. The number of fused-ring (bicyclic) bond motifs is 1. The van der Waals surface area contributed by atoms with Gasteiger partial charge < -0.3 is 0 Å². The van der Waals surface area contributed by atoms with Crippen LogP contribution >= 0.6 is 11.5 Å². The van der Waals surface area contributed by atoms with E-state index in [1.54, 1.807) is 0 Å². The van der Waals surface area contributed by atoms with Gasteiger partial charge in [0.2, 0.25) is 0 Å². The molecule has 2 aromatic rings. The number of rotatable bonds is 0. The summed E-state index contributed by atoms with van der Waals surface area (Å²) in [6.07, 6.45) is -10.3. The van der Waals surface area contributed by atoms with Crippen molar-refractivity contribution in [2.75, 3.05) is 0 Å². The zero-order valence-electron chi connectivity index (χ0n) is 14.6. The maximum atomic E-state index is 13.8. The summed E-state index contributed by atoms with van der Waals surface area (Å²) in [5.41, 5.74) is -6.64. The molecule has 0 N–H and O–H groups in total. The van der Waals surface area contributed by atoms with Crippen molar-refractivity contribution in [1.82, 2.24) is 9.59 Å². The van der Waals surface area contributed by atoms with Gasteiger partial charge in [0.05, 0.1) is 15.8 Å². The summed E-state index contributed by atoms with van der Waals surface area (Å²) in [5, 5.41) is 3.76. The molecule has 0 aliphatic heterocycles. The Bertz CT molecular complexity index is 738. The van der Waals surface area contributed by atoms with Gasteiger partial charge in [-0.15, -0.1) is 5.10 Å². The minimum atomic E-state index is -5.18. The van der Waals surface area contributed by atoms with Gasteiger partial charge in [0.1, 0.15) is 5.52 Å². The highest BCUT2D eigenvalue weighted by Gasteiger charge is 2.51. The number of hydrogen-bond acceptors (Lipinski definition) is 3. The van der Waals surface area contributed by atoms with Crippen LogP contribution in [0.25, 0.3) is 10.2 Å². The molecule has 0 fully saturated rings. The molecule has 0 radical (unpaired) electrons. The third-order valence-electron chi connectivity index (χ3n) is 3.77. The fraction of sp³-hybridized carbons (Fsp3) is 0.625. The van der Waals surface area contributed by atoms with Gasteiger partial charge in [-0.2, -0.15) is 26.3 Å². The first-order chi connectivity index (χ1) is 11.0. The predicted molar refractivity (Wildman–Crippen MR) is 84.8 cm³/mol. The first-order valence-electron chi connectivity index (χ1n) is 7.44. The second kappa shape index (κ2) is 5.56. The van der Waals surface area contributed by atoms with Crippen molar-refractivity contribution < 1.29 is 26.3 Å². The van der Waals surface area contributed by atoms with Crippen molar-refractivity contribution in [2.24, 2.45) is 0 Å². The quantitative estimate of drug-likeness (QED) is 0.497. The smallest absolute Gasteiger partial charge is 0.166 e. The molecular formula is C16H18F6N2S. The van der Waals surface area contributed by atoms with E-state index < -0.39 is 45.4 Å². The van der Waals surface area contributed by atoms with Crippen molar-refractivity contribution in [3.05, 3.63) is 22.3 Å². The molecule has 0 saturated heterocycles. The van der Waals surface area contributed by atoms with E-state index in [9.17, 15) is 26.3 Å². The van der Waals surface area contributed by atoms with E-state index in [4.69, 9.17) is 0 Å². The fourth-order valence-electron chi connectivity index (χ4n) is 3.01. The summed E-state index contributed by atoms with van der Waals surface area (Å²) < 4.78 is 86.7. The lowest BCUT2D eigenvalue weighted by Crippen LogP contribution is -2.29. The highest BCUT2D eigenvalue weighted by Crippen LogP contribution is 2.52. The number of alkyl halides is 6. The van der Waals surface area contributed by atoms with E-state index in [-0.39, 0.29) is 10.2 Å². The van der Waals surface area contributed by atoms with Crippen molar-refractivity contribution in [1.29, 1.82) is 0 Å². The maximum absolute atomic E-state index is 13.8. The SMILES string of the molecule is CC(C)(C)c1c(C(F)(F)F)c(C(F)(F)F)c(C(C)(C)C)c2snnc12. The van der Waals surface area contributed by atoms with Crippen LogP contribution in [0.3, 0.4) is 0 Å². The Morgan fingerprint density at radius 3 is 1.40 bits per heavy atom. The lowest BCUT2D eigenvalue weighted by Gasteiger charge is -2.32. The van der Waals surface area contributed by atoms with Crippen molar-refractivity contribution in [3.8, 4) is 0 Å². The molecule has 140 valence electrons. The number of benzene rings is 1. The third kappa shape index (κ3) is 3.47. The third-order valence-corrected chi connectivity index (χ3v) is 4.51. The molecule has 1 aromatic carbocycles. The Balaban J connectivity index is 3.28. The molecule has 25 heavy (non-hydrogen) atoms. The molecule has 0 aliphatic carbocycles. The van der Waals surface area contributed by atoms with E-state index in [1.807, 2.05) is 0 Å². The average Bonchev–Trinajstić information content (AvgIpc) is 2.78. The molecule has 9 heteroatoms. The molecule has 1 aromatic heterocycles. The number of hydrogen-bond donors (Lipinski definition) is 0. The van der Waals surface area contributed by atoms with E-state index in [2.05, 4.69) is 9.59 Å². The second-order valence-electron chi connectivity index (χ2n) is 7.95. The Kier molecular flexibility index (Phi) is 4.43. The van der Waals surface area contributed by atoms with E-state index >= 15 is 0 Å². The van der Waals surface area contributed by atoms with Crippen LogP contribution in [0.2, 0.25) is 0 Å². The lowest BCUT2D eigenvalue weighted by molar-refractivity contribution is -0.163. The zero-order chi connectivity index (χ0) is 19.6. The Hall–Kier alpha value is -1.38. The van der Waals surface area contributed by atoms with Gasteiger partial charge in [0.25, 0.3) is 0 Å². The van der Waals surface area contributed by atoms with Crippen LogP contribution in [0, 0.1) is 0 Å². The van der Waals surface area contributed by atoms with Gasteiger partial charge in [-0.3, -0.25) is 0 Å². The molecule has 0 aliphatic rings. The minimum absolute atomic E-state index is 0.0535. The van der Waals surface area contributed by atoms with Gasteiger partial charge in [-0.1, -0.05) is 46.0 Å². The summed E-state index contributed by atoms with van der Waals surface area (Å²) in [6.45, 7) is 8.67. The van der Waals surface area contributed by atoms with Crippen LogP contribution in [0.1, 0.15) is 63.8 Å². The maximum Gasteiger partial charge on any atom is 0.417 e. The monoisotopic (exact) mass is 384 g/mol. The fourth-order valence-corrected chi connectivity index (χ4v) is 3.95. The van der Waals surface area contributed by atoms with Crippen molar-refractivity contribution in [3.63, 3.8) is 0 Å². The van der Waals surface area contributed by atoms with Crippen LogP contribution in [0.15, 0.2) is 0 Å². The Labute approximate surface area is 145 Å². The summed E-state index contributed by atoms with van der Waals surface area (Å²) >= 11 is 0.692. The molecule has 0 spiro atoms. The van der Waals surface area contributed by atoms with Crippen LogP contribution in [0.5, 0.6) is 0 Å². The highest BCUT2D eigenvalue weighted by molar-refractivity contribution is 7.13. The summed E-state index contributed by atoms with van der Waals surface area (Å²) in [6, 6.07) is 0. The van der Waals surface area contributed by atoms with Gasteiger partial charge in [0, 0.05) is 0 Å². The number of nitrogens with zero attached hydrogens (tertiary/aromatic N) is 2. The standard InChI is InChI=1S/C16H18F6N2S/c1-13(2,3)9-7(15(17,18)19)8(16(20,21)22)10(14(4,5)6)12-11(9)23-24-25-12/h1-6H3. The highest BCUT2D eigenvalue weighted by atomic mass is 32.1. The minimum Gasteiger partial charge on any atom is -0.166 e. The number of halogens is 6. The van der Waals surface area contributed by atoms with Crippen molar-refractivity contribution in [2.45, 2.75) is 64.7 Å². The van der Waals surface area contributed by atoms with Gasteiger partial charge in [-0.25, -0.2) is 0 Å². The van der Waals surface area contributed by atoms with Crippen molar-refractivity contribution >= 4 is 21.7 Å². The summed E-state index contributed by atoms with van der Waals surface area (Å²) in [5.74, 6) is 0. The Morgan fingerprint density at radius 1 is 0.640 bits per heavy atom. The molecule has 2 rings (SSSR count). The number of aromatic nitrogens is 2. The molecule has 0 atom stereocenters. The molecule has 0 unspecified atom stereocenters. The average molecular weight is 384 g/mol. The van der Waals surface area contributed by atoms with Crippen LogP contribution < -0.4 is 0 Å². The normalized spacial score (nSPS) is 14.4. The van der Waals surface area contributed by atoms with Gasteiger partial charge in [-0.05, 0) is 33.5 Å². The summed E-state index contributed by atoms with van der Waals surface area (Å²) in [4.78, 5) is 0. The van der Waals surface area contributed by atoms with E-state index in [0.717, 1.165) is 0 Å². The van der Waals surface area contributed by atoms with Gasteiger partial charge in [0.15, 0.2) is 0 Å². The molecule has 2 nitrogen and oxygen atoms in total. The first-order valence-corrected chi connectivity index (χ1v) is 8.22. The first kappa shape index (κ1) is 19.9. The largest absolute Gasteiger partial charge is 0.417 e. The topological polar surface area (TPSA) is 25.8 Å². The lowest BCUT2D eigenvalue weighted by atomic mass is 9.75. The molecule has 0 amide bonds. The molecular weight excluding hydrogens is 366 g/mol. The van der Waals surface area contributed by atoms with Crippen LogP contribution in [0.4, 0.5) is 26.3 Å². The van der Waals surface area contributed by atoms with Crippen LogP contribution in [-0.4, -0.2) is 9.59 Å².